The quantitative estimate of drug-likeness (QED) is 0.0312. The number of allylic oxidation sites excluding steroid dienone is 7. The molecule has 1 unspecified atom stereocenters. The summed E-state index contributed by atoms with van der Waals surface area (Å²) < 4.78 is 71.8. The number of piperidine rings is 1. The average Bonchev–Trinajstić information content (AvgIpc) is 2.57. The summed E-state index contributed by atoms with van der Waals surface area (Å²) in [5.41, 5.74) is 6.45. The minimum atomic E-state index is -4.69. The fourth-order valence-electron chi connectivity index (χ4n) is 12.4. The lowest BCUT2D eigenvalue weighted by Crippen LogP contribution is -2.61. The molecule has 2 aromatic rings. The Bertz CT molecular complexity index is 2960. The highest BCUT2D eigenvalue weighted by molar-refractivity contribution is 8.03. The number of nitriles is 1. The second kappa shape index (κ2) is 33.4. The van der Waals surface area contributed by atoms with Gasteiger partial charge in [-0.25, -0.2) is 4.79 Å². The van der Waals surface area contributed by atoms with Crippen LogP contribution in [0.4, 0.5) is 18.9 Å². The maximum atomic E-state index is 14.6. The molecular formula is C68H91F3N4O13S. The number of benzene rings is 2. The standard InChI is InChI=1S/C68H91F3N4O13S/c1-40-17-11-10-12-18-41(2)57(86-32-30-74-48-24-27-50(28-25-48)89-64(73)52(39-72)51-19-13-14-20-53(51)68(69,70)71)37-49-26-22-46(7)67(83,88-49)63(80)65(81)75-31-16-15-21-54(75)66(82)87-58(43(4)35-47-23-29-55(76)59(36-47)84-8)38-56(77)42(3)34-45(6)61(79)62(85-9)60(78)44(5)33-40/h10-14,17-20,24-25,27-28,34,40,42-44,46-47,49,54-55,57-59,61-62,74,76,79,83H,15-16,21-23,26,29-33,35-38,73H2,1-9H3/b12-10+,17-11+,41-18?,45-34-,64-52+/t40-,42-,43?,44-,46-,47-,49+,54+,55-,57-,58+,59-,61-,62+,67-/m1/s1. The van der Waals surface area contributed by atoms with Crippen molar-refractivity contribution in [3.63, 3.8) is 0 Å². The molecule has 0 spiro atoms. The fraction of sp³-hybridized carbons (Fsp3) is 0.588. The molecule has 21 heteroatoms. The van der Waals surface area contributed by atoms with E-state index >= 15 is 0 Å². The van der Waals surface area contributed by atoms with E-state index in [4.69, 9.17) is 29.4 Å². The van der Waals surface area contributed by atoms with Crippen molar-refractivity contribution in [1.29, 1.82) is 5.26 Å². The molecule has 6 rings (SSSR count). The van der Waals surface area contributed by atoms with E-state index in [-0.39, 0.29) is 78.1 Å². The third-order valence-corrected chi connectivity index (χ3v) is 18.8. The molecule has 2 saturated heterocycles. The minimum Gasteiger partial charge on any atom is -0.460 e. The summed E-state index contributed by atoms with van der Waals surface area (Å²) in [7, 11) is 2.90. The number of nitrogens with zero attached hydrogens (tertiary/aromatic N) is 2. The topological polar surface area (TPSA) is 257 Å². The van der Waals surface area contributed by atoms with Crippen molar-refractivity contribution >= 4 is 52.2 Å². The second-order valence-electron chi connectivity index (χ2n) is 24.7. The molecule has 6 N–H and O–H groups in total. The third-order valence-electron chi connectivity index (χ3n) is 17.9. The van der Waals surface area contributed by atoms with E-state index in [9.17, 15) is 57.7 Å². The first-order valence-corrected chi connectivity index (χ1v) is 31.9. The molecule has 3 fully saturated rings. The summed E-state index contributed by atoms with van der Waals surface area (Å²) >= 11 is 0.956. The number of hydrogen-bond donors (Lipinski definition) is 5. The molecule has 3 heterocycles. The molecule has 2 aromatic carbocycles. The lowest BCUT2D eigenvalue weighted by atomic mass is 9.78. The van der Waals surface area contributed by atoms with Crippen LogP contribution in [-0.2, 0) is 53.8 Å². The molecule has 15 atom stereocenters. The Labute approximate surface area is 526 Å². The molecule has 0 radical (unpaired) electrons. The predicted molar refractivity (Wildman–Crippen MR) is 333 cm³/mol. The highest BCUT2D eigenvalue weighted by Crippen LogP contribution is 2.40. The van der Waals surface area contributed by atoms with Crippen LogP contribution in [0.5, 0.6) is 0 Å². The molecule has 1 saturated carbocycles. The van der Waals surface area contributed by atoms with Crippen LogP contribution in [0.3, 0.4) is 0 Å². The van der Waals surface area contributed by atoms with Crippen molar-refractivity contribution in [2.24, 2.45) is 41.2 Å². The van der Waals surface area contributed by atoms with Crippen molar-refractivity contribution in [2.75, 3.05) is 39.2 Å². The molecule has 1 aliphatic carbocycles. The number of nitrogens with one attached hydrogen (secondary N) is 1. The smallest absolute Gasteiger partial charge is 0.417 e. The Morgan fingerprint density at radius 3 is 2.31 bits per heavy atom. The van der Waals surface area contributed by atoms with Gasteiger partial charge in [0.2, 0.25) is 5.79 Å². The molecule has 4 aliphatic rings. The van der Waals surface area contributed by atoms with E-state index in [2.05, 4.69) is 5.32 Å². The van der Waals surface area contributed by atoms with Crippen LogP contribution in [-0.4, -0.2) is 138 Å². The van der Waals surface area contributed by atoms with Gasteiger partial charge in [0.25, 0.3) is 11.7 Å². The zero-order chi connectivity index (χ0) is 65.3. The number of fused-ring (bicyclic) bond motifs is 3. The van der Waals surface area contributed by atoms with Gasteiger partial charge in [0.1, 0.15) is 36.2 Å². The molecular weight excluding hydrogens is 1170 g/mol. The van der Waals surface area contributed by atoms with Crippen LogP contribution < -0.4 is 11.1 Å². The first-order valence-electron chi connectivity index (χ1n) is 31.0. The second-order valence-corrected chi connectivity index (χ2v) is 25.8. The number of anilines is 1. The van der Waals surface area contributed by atoms with Gasteiger partial charge in [0.15, 0.2) is 5.78 Å². The Hall–Kier alpha value is -5.96. The number of hydrogen-bond acceptors (Lipinski definition) is 17. The molecule has 0 aromatic heterocycles. The number of carbonyl (C=O) groups excluding carboxylic acids is 5. The lowest BCUT2D eigenvalue weighted by Gasteiger charge is -2.43. The van der Waals surface area contributed by atoms with E-state index in [0.717, 1.165) is 28.3 Å². The normalized spacial score (nSPS) is 32.4. The maximum Gasteiger partial charge on any atom is 0.417 e. The molecule has 2 bridgehead atoms. The van der Waals surface area contributed by atoms with Crippen molar-refractivity contribution in [2.45, 2.75) is 191 Å². The first kappa shape index (κ1) is 72.1. The number of carbonyl (C=O) groups is 5. The van der Waals surface area contributed by atoms with Gasteiger partial charge in [-0.15, -0.1) is 0 Å². The minimum absolute atomic E-state index is 0.0188. The van der Waals surface area contributed by atoms with Gasteiger partial charge < -0.3 is 55.0 Å². The summed E-state index contributed by atoms with van der Waals surface area (Å²) in [5.74, 6) is -8.81. The van der Waals surface area contributed by atoms with Crippen LogP contribution in [0.2, 0.25) is 0 Å². The number of halogens is 3. The van der Waals surface area contributed by atoms with Crippen molar-refractivity contribution in [1.82, 2.24) is 4.90 Å². The highest BCUT2D eigenvalue weighted by Gasteiger charge is 2.53. The Kier molecular flexibility index (Phi) is 27.0. The van der Waals surface area contributed by atoms with Gasteiger partial charge in [-0.1, -0.05) is 101 Å². The number of ether oxygens (including phenoxy) is 5. The SMILES string of the molecule is CO[C@@H]1C[C@@H](CC(C)[C@@H]2CC(=O)[C@H](C)/C=C(/C)[C@@H](O)[C@@H](OC)C(=O)[C@H](C)C[C@H](C)/C=C/C=C/C=C(C)[C@H](OCCNc3ccc(S/C(N)=C(\C#N)c4ccccc4C(F)(F)F)cc3)C[C@@H]3CC[C@@H](C)[C@@](O)(O3)C(=O)C(=O)N3CCCC[C@H]3C(=O)O2)CC[C@H]1O. The Morgan fingerprint density at radius 1 is 0.910 bits per heavy atom. The Morgan fingerprint density at radius 2 is 1.63 bits per heavy atom. The number of amides is 1. The summed E-state index contributed by atoms with van der Waals surface area (Å²) in [4.78, 5) is 73.8. The fourth-order valence-corrected chi connectivity index (χ4v) is 13.2. The van der Waals surface area contributed by atoms with Crippen molar-refractivity contribution in [3.05, 3.63) is 112 Å². The zero-order valence-corrected chi connectivity index (χ0v) is 53.5. The van der Waals surface area contributed by atoms with Crippen molar-refractivity contribution in [3.8, 4) is 6.07 Å². The average molecular weight is 1260 g/mol. The number of nitrogens with two attached hydrogens (primary N) is 1. The van der Waals surface area contributed by atoms with Gasteiger partial charge in [-0.3, -0.25) is 19.2 Å². The van der Waals surface area contributed by atoms with Gasteiger partial charge in [-0.05, 0) is 137 Å². The van der Waals surface area contributed by atoms with E-state index in [1.807, 2.05) is 57.2 Å². The third kappa shape index (κ3) is 19.5. The van der Waals surface area contributed by atoms with Crippen LogP contribution in [0.15, 0.2) is 106 Å². The summed E-state index contributed by atoms with van der Waals surface area (Å²) in [5, 5.41) is 47.5. The number of esters is 1. The van der Waals surface area contributed by atoms with E-state index in [0.29, 0.717) is 80.5 Å². The number of aliphatic hydroxyl groups is 3. The molecule has 89 heavy (non-hydrogen) atoms. The number of methoxy groups -OCH3 is 2. The van der Waals surface area contributed by atoms with Crippen LogP contribution in [0, 0.1) is 46.8 Å². The van der Waals surface area contributed by atoms with Gasteiger partial charge in [0, 0.05) is 74.1 Å². The van der Waals surface area contributed by atoms with E-state index in [1.165, 1.54) is 25.3 Å². The van der Waals surface area contributed by atoms with E-state index in [1.54, 1.807) is 65.1 Å². The number of alkyl halides is 3. The zero-order valence-electron chi connectivity index (χ0n) is 52.7. The monoisotopic (exact) mass is 1260 g/mol. The van der Waals surface area contributed by atoms with Crippen LogP contribution in [0.25, 0.3) is 5.57 Å². The highest BCUT2D eigenvalue weighted by atomic mass is 32.2. The van der Waals surface area contributed by atoms with Crippen LogP contribution in [0.1, 0.15) is 137 Å². The molecule has 488 valence electrons. The summed E-state index contributed by atoms with van der Waals surface area (Å²) in [6, 6.07) is 12.3. The number of ketones is 3. The number of cyclic esters (lactones) is 1. The predicted octanol–water partition coefficient (Wildman–Crippen LogP) is 10.6. The van der Waals surface area contributed by atoms with E-state index < -0.39 is 102 Å². The maximum absolute atomic E-state index is 14.6. The number of rotatable bonds is 13. The summed E-state index contributed by atoms with van der Waals surface area (Å²) in [6.07, 6.45) is 4.79. The number of aliphatic hydroxyl groups excluding tert-OH is 2. The largest absolute Gasteiger partial charge is 0.460 e. The lowest BCUT2D eigenvalue weighted by molar-refractivity contribution is -0.266. The summed E-state index contributed by atoms with van der Waals surface area (Å²) in [6.45, 7) is 12.9. The number of Topliss-reactive ketones (excluding diaryl/α,β-unsaturated/α-hetero) is 3. The molecule has 3 aliphatic heterocycles. The first-order chi connectivity index (χ1) is 42.2. The van der Waals surface area contributed by atoms with Crippen molar-refractivity contribution < 1.29 is 76.1 Å². The Balaban J connectivity index is 1.25. The van der Waals surface area contributed by atoms with Crippen LogP contribution >= 0.6 is 11.8 Å². The van der Waals surface area contributed by atoms with Gasteiger partial charge in [0.05, 0.1) is 47.2 Å². The number of thioether (sulfide) groups is 1. The molecule has 1 amide bonds. The van der Waals surface area contributed by atoms with Gasteiger partial charge in [-0.2, -0.15) is 18.4 Å². The van der Waals surface area contributed by atoms with Gasteiger partial charge >= 0.3 is 12.1 Å². The molecule has 17 nitrogen and oxygen atoms in total.